The first-order valence-corrected chi connectivity index (χ1v) is 10.6. The Morgan fingerprint density at radius 3 is 2.57 bits per heavy atom. The van der Waals surface area contributed by atoms with Crippen molar-refractivity contribution >= 4 is 40.3 Å². The highest BCUT2D eigenvalue weighted by molar-refractivity contribution is 7.97. The molecule has 0 bridgehead atoms. The standard InChI is InChI=1S/C22H21N5O2S/c1-13-8-17-15(10-20(28)29-18(17)9-14(13)2)11-30-12-19-25-21(23)27-22(26-19)24-16-6-4-3-5-7-16/h3-10H,11-12H2,1-2H3,(H3,23,24,25,26,27). The largest absolute Gasteiger partial charge is 0.423 e. The highest BCUT2D eigenvalue weighted by atomic mass is 32.2. The summed E-state index contributed by atoms with van der Waals surface area (Å²) in [5, 5.41) is 4.08. The normalized spacial score (nSPS) is 11.0. The van der Waals surface area contributed by atoms with E-state index in [1.165, 1.54) is 0 Å². The molecule has 4 aromatic rings. The van der Waals surface area contributed by atoms with Crippen molar-refractivity contribution in [1.82, 2.24) is 15.0 Å². The van der Waals surface area contributed by atoms with Gasteiger partial charge in [-0.1, -0.05) is 18.2 Å². The maximum atomic E-state index is 12.0. The lowest BCUT2D eigenvalue weighted by Crippen LogP contribution is -2.06. The third kappa shape index (κ3) is 4.60. The first-order valence-electron chi connectivity index (χ1n) is 9.42. The Morgan fingerprint density at radius 2 is 1.77 bits per heavy atom. The number of nitrogen functional groups attached to an aromatic ring is 1. The predicted molar refractivity (Wildman–Crippen MR) is 121 cm³/mol. The maximum Gasteiger partial charge on any atom is 0.336 e. The summed E-state index contributed by atoms with van der Waals surface area (Å²) >= 11 is 1.60. The van der Waals surface area contributed by atoms with E-state index < -0.39 is 0 Å². The maximum absolute atomic E-state index is 12.0. The van der Waals surface area contributed by atoms with Gasteiger partial charge in [0.25, 0.3) is 0 Å². The summed E-state index contributed by atoms with van der Waals surface area (Å²) < 4.78 is 5.37. The van der Waals surface area contributed by atoms with Crippen molar-refractivity contribution in [2.75, 3.05) is 11.1 Å². The number of benzene rings is 2. The smallest absolute Gasteiger partial charge is 0.336 e. The molecule has 0 fully saturated rings. The van der Waals surface area contributed by atoms with Crippen molar-refractivity contribution < 1.29 is 4.42 Å². The molecule has 0 spiro atoms. The molecule has 4 rings (SSSR count). The number of para-hydroxylation sites is 1. The fraction of sp³-hybridized carbons (Fsp3) is 0.182. The number of rotatable bonds is 6. The molecule has 0 aliphatic rings. The number of nitrogens with two attached hydrogens (primary N) is 1. The van der Waals surface area contributed by atoms with Crippen LogP contribution in [0.5, 0.6) is 0 Å². The number of hydrogen-bond acceptors (Lipinski definition) is 8. The molecule has 8 heteroatoms. The number of aromatic nitrogens is 3. The van der Waals surface area contributed by atoms with Gasteiger partial charge in [0.1, 0.15) is 11.4 Å². The molecule has 30 heavy (non-hydrogen) atoms. The third-order valence-corrected chi connectivity index (χ3v) is 5.64. The van der Waals surface area contributed by atoms with Crippen LogP contribution in [0.1, 0.15) is 22.5 Å². The fourth-order valence-corrected chi connectivity index (χ4v) is 3.94. The van der Waals surface area contributed by atoms with E-state index in [0.29, 0.717) is 28.9 Å². The molecule has 0 saturated heterocycles. The third-order valence-electron chi connectivity index (χ3n) is 4.66. The Hall–Kier alpha value is -3.39. The van der Waals surface area contributed by atoms with E-state index in [1.54, 1.807) is 17.8 Å². The second-order valence-electron chi connectivity index (χ2n) is 6.94. The van der Waals surface area contributed by atoms with E-state index in [-0.39, 0.29) is 11.6 Å². The zero-order valence-corrected chi connectivity index (χ0v) is 17.5. The molecular weight excluding hydrogens is 398 g/mol. The van der Waals surface area contributed by atoms with Crippen LogP contribution in [-0.4, -0.2) is 15.0 Å². The van der Waals surface area contributed by atoms with Gasteiger partial charge in [0, 0.05) is 22.9 Å². The molecule has 0 atom stereocenters. The highest BCUT2D eigenvalue weighted by Crippen LogP contribution is 2.26. The van der Waals surface area contributed by atoms with Crippen molar-refractivity contribution in [2.24, 2.45) is 0 Å². The second-order valence-corrected chi connectivity index (χ2v) is 7.93. The van der Waals surface area contributed by atoms with E-state index in [4.69, 9.17) is 10.2 Å². The first kappa shape index (κ1) is 19.9. The lowest BCUT2D eigenvalue weighted by Gasteiger charge is -2.09. The lowest BCUT2D eigenvalue weighted by atomic mass is 10.0. The Bertz CT molecular complexity index is 1260. The average molecular weight is 420 g/mol. The second kappa shape index (κ2) is 8.54. The Morgan fingerprint density at radius 1 is 1.00 bits per heavy atom. The summed E-state index contributed by atoms with van der Waals surface area (Å²) in [5.74, 6) is 2.29. The van der Waals surface area contributed by atoms with Crippen LogP contribution in [0.3, 0.4) is 0 Å². The number of aryl methyl sites for hydroxylation is 2. The van der Waals surface area contributed by atoms with Gasteiger partial charge >= 0.3 is 5.63 Å². The van der Waals surface area contributed by atoms with Gasteiger partial charge < -0.3 is 15.5 Å². The molecule has 2 heterocycles. The highest BCUT2D eigenvalue weighted by Gasteiger charge is 2.10. The molecular formula is C22H21N5O2S. The number of thioether (sulfide) groups is 1. The van der Waals surface area contributed by atoms with Gasteiger partial charge in [0.15, 0.2) is 0 Å². The van der Waals surface area contributed by atoms with Crippen LogP contribution in [0, 0.1) is 13.8 Å². The van der Waals surface area contributed by atoms with E-state index in [2.05, 4.69) is 26.3 Å². The Kier molecular flexibility index (Phi) is 5.67. The molecule has 152 valence electrons. The number of hydrogen-bond donors (Lipinski definition) is 2. The summed E-state index contributed by atoms with van der Waals surface area (Å²) in [5.41, 5.74) is 10.2. The summed E-state index contributed by atoms with van der Waals surface area (Å²) in [6.45, 7) is 4.05. The minimum absolute atomic E-state index is 0.163. The predicted octanol–water partition coefficient (Wildman–Crippen LogP) is 4.35. The van der Waals surface area contributed by atoms with Gasteiger partial charge in [-0.3, -0.25) is 0 Å². The van der Waals surface area contributed by atoms with Crippen molar-refractivity contribution in [3.05, 3.63) is 81.5 Å². The Balaban J connectivity index is 1.51. The summed E-state index contributed by atoms with van der Waals surface area (Å²) in [4.78, 5) is 24.8. The van der Waals surface area contributed by atoms with Gasteiger partial charge in [-0.25, -0.2) is 4.79 Å². The molecule has 0 unspecified atom stereocenters. The molecule has 2 aromatic carbocycles. The van der Waals surface area contributed by atoms with Crippen molar-refractivity contribution in [1.29, 1.82) is 0 Å². The van der Waals surface area contributed by atoms with E-state index in [0.717, 1.165) is 27.8 Å². The number of nitrogens with zero attached hydrogens (tertiary/aromatic N) is 3. The molecule has 0 aliphatic heterocycles. The van der Waals surface area contributed by atoms with E-state index in [1.807, 2.05) is 50.2 Å². The molecule has 7 nitrogen and oxygen atoms in total. The van der Waals surface area contributed by atoms with Crippen molar-refractivity contribution in [2.45, 2.75) is 25.4 Å². The molecule has 3 N–H and O–H groups in total. The van der Waals surface area contributed by atoms with Crippen LogP contribution >= 0.6 is 11.8 Å². The lowest BCUT2D eigenvalue weighted by molar-refractivity contribution is 0.559. The number of anilines is 3. The minimum Gasteiger partial charge on any atom is -0.423 e. The summed E-state index contributed by atoms with van der Waals surface area (Å²) in [6, 6.07) is 15.1. The minimum atomic E-state index is -0.347. The number of nitrogens with one attached hydrogen (secondary N) is 1. The average Bonchev–Trinajstić information content (AvgIpc) is 2.70. The first-order chi connectivity index (χ1) is 14.5. The van der Waals surface area contributed by atoms with E-state index >= 15 is 0 Å². The van der Waals surface area contributed by atoms with Crippen LogP contribution in [0.25, 0.3) is 11.0 Å². The van der Waals surface area contributed by atoms with E-state index in [9.17, 15) is 4.79 Å². The SMILES string of the molecule is Cc1cc2oc(=O)cc(CSCc3nc(N)nc(Nc4ccccc4)n3)c2cc1C. The quantitative estimate of drug-likeness (QED) is 0.444. The summed E-state index contributed by atoms with van der Waals surface area (Å²) in [7, 11) is 0. The zero-order chi connectivity index (χ0) is 21.1. The van der Waals surface area contributed by atoms with Crippen LogP contribution in [0.4, 0.5) is 17.6 Å². The number of fused-ring (bicyclic) bond motifs is 1. The van der Waals surface area contributed by atoms with Gasteiger partial charge in [-0.15, -0.1) is 11.8 Å². The van der Waals surface area contributed by atoms with Gasteiger partial charge in [-0.2, -0.15) is 15.0 Å². The van der Waals surface area contributed by atoms with Crippen LogP contribution in [-0.2, 0) is 11.5 Å². The van der Waals surface area contributed by atoms with Crippen molar-refractivity contribution in [3.8, 4) is 0 Å². The molecule has 0 radical (unpaired) electrons. The van der Waals surface area contributed by atoms with Crippen molar-refractivity contribution in [3.63, 3.8) is 0 Å². The summed E-state index contributed by atoms with van der Waals surface area (Å²) in [6.07, 6.45) is 0. The molecule has 2 aromatic heterocycles. The molecule has 0 saturated carbocycles. The van der Waals surface area contributed by atoms with Crippen LogP contribution in [0.15, 0.2) is 57.7 Å². The topological polar surface area (TPSA) is 107 Å². The van der Waals surface area contributed by atoms with Gasteiger partial charge in [-0.05, 0) is 54.8 Å². The Labute approximate surface area is 177 Å². The molecule has 0 aliphatic carbocycles. The fourth-order valence-electron chi connectivity index (χ4n) is 3.06. The molecule has 0 amide bonds. The zero-order valence-electron chi connectivity index (χ0n) is 16.7. The monoisotopic (exact) mass is 419 g/mol. The van der Waals surface area contributed by atoms with Gasteiger partial charge in [0.05, 0.1) is 5.75 Å². The van der Waals surface area contributed by atoms with Crippen LogP contribution in [0.2, 0.25) is 0 Å². The van der Waals surface area contributed by atoms with Gasteiger partial charge in [0.2, 0.25) is 11.9 Å². The van der Waals surface area contributed by atoms with Crippen LogP contribution < -0.4 is 16.7 Å².